The van der Waals surface area contributed by atoms with Gasteiger partial charge in [-0.15, -0.1) is 0 Å². The summed E-state index contributed by atoms with van der Waals surface area (Å²) in [4.78, 5) is 42.7. The summed E-state index contributed by atoms with van der Waals surface area (Å²) in [7, 11) is 0. The lowest BCUT2D eigenvalue weighted by atomic mass is 10.2. The second kappa shape index (κ2) is 10.00. The molecule has 13 heteroatoms. The van der Waals surface area contributed by atoms with Gasteiger partial charge in [-0.3, -0.25) is 25.0 Å². The summed E-state index contributed by atoms with van der Waals surface area (Å²) >= 11 is 3.35. The van der Waals surface area contributed by atoms with Crippen LogP contribution in [-0.4, -0.2) is 30.7 Å². The quantitative estimate of drug-likeness (QED) is 0.172. The summed E-state index contributed by atoms with van der Waals surface area (Å²) in [6.45, 7) is 3.75. The van der Waals surface area contributed by atoms with Crippen LogP contribution in [-0.2, 0) is 0 Å². The SMILES string of the molecule is CC(C)c1nc2ccc(Br)cc2c(=O)n1N=Cc1ccc(Oc2ccc([N+](=O)[O-])cn2)c([N+](=O)[O-])c1. The van der Waals surface area contributed by atoms with E-state index in [1.165, 1.54) is 41.2 Å². The van der Waals surface area contributed by atoms with Crippen molar-refractivity contribution in [2.45, 2.75) is 19.8 Å². The zero-order valence-corrected chi connectivity index (χ0v) is 20.4. The van der Waals surface area contributed by atoms with Crippen molar-refractivity contribution in [1.82, 2.24) is 14.6 Å². The first kappa shape index (κ1) is 24.6. The third-order valence-corrected chi connectivity index (χ3v) is 5.49. The molecular weight excluding hydrogens is 536 g/mol. The lowest BCUT2D eigenvalue weighted by Gasteiger charge is -2.12. The molecule has 0 saturated carbocycles. The van der Waals surface area contributed by atoms with Gasteiger partial charge in [-0.25, -0.2) is 9.97 Å². The van der Waals surface area contributed by atoms with Crippen molar-refractivity contribution in [2.24, 2.45) is 5.10 Å². The van der Waals surface area contributed by atoms with Crippen molar-refractivity contribution in [3.63, 3.8) is 0 Å². The first-order valence-electron chi connectivity index (χ1n) is 10.5. The lowest BCUT2D eigenvalue weighted by Crippen LogP contribution is -2.23. The molecule has 2 aromatic heterocycles. The first-order chi connectivity index (χ1) is 17.1. The Morgan fingerprint density at radius 3 is 2.50 bits per heavy atom. The highest BCUT2D eigenvalue weighted by atomic mass is 79.9. The average Bonchev–Trinajstić information content (AvgIpc) is 2.84. The van der Waals surface area contributed by atoms with Crippen LogP contribution in [0.3, 0.4) is 0 Å². The van der Waals surface area contributed by atoms with Gasteiger partial charge in [-0.05, 0) is 30.3 Å². The summed E-state index contributed by atoms with van der Waals surface area (Å²) < 4.78 is 7.36. The van der Waals surface area contributed by atoms with Gasteiger partial charge >= 0.3 is 5.69 Å². The maximum absolute atomic E-state index is 13.1. The van der Waals surface area contributed by atoms with E-state index in [4.69, 9.17) is 4.74 Å². The third kappa shape index (κ3) is 5.10. The predicted octanol–water partition coefficient (Wildman–Crippen LogP) is 5.17. The van der Waals surface area contributed by atoms with E-state index in [1.54, 1.807) is 18.2 Å². The fourth-order valence-electron chi connectivity index (χ4n) is 3.27. The number of nitro benzene ring substituents is 1. The molecule has 0 fully saturated rings. The molecule has 0 radical (unpaired) electrons. The van der Waals surface area contributed by atoms with Crippen LogP contribution in [0.25, 0.3) is 10.9 Å². The fourth-order valence-corrected chi connectivity index (χ4v) is 3.63. The fraction of sp³-hybridized carbons (Fsp3) is 0.130. The van der Waals surface area contributed by atoms with Crippen molar-refractivity contribution in [1.29, 1.82) is 0 Å². The van der Waals surface area contributed by atoms with E-state index < -0.39 is 9.85 Å². The Balaban J connectivity index is 1.70. The number of nitro groups is 2. The van der Waals surface area contributed by atoms with E-state index in [2.05, 4.69) is 31.0 Å². The van der Waals surface area contributed by atoms with Crippen molar-refractivity contribution in [3.8, 4) is 11.6 Å². The van der Waals surface area contributed by atoms with E-state index in [0.29, 0.717) is 22.3 Å². The van der Waals surface area contributed by atoms with E-state index in [9.17, 15) is 25.0 Å². The predicted molar refractivity (Wildman–Crippen MR) is 135 cm³/mol. The summed E-state index contributed by atoms with van der Waals surface area (Å²) in [6.07, 6.45) is 2.31. The van der Waals surface area contributed by atoms with Gasteiger partial charge in [-0.1, -0.05) is 29.8 Å². The molecule has 2 heterocycles. The molecule has 0 unspecified atom stereocenters. The van der Waals surface area contributed by atoms with E-state index in [-0.39, 0.29) is 34.5 Å². The highest BCUT2D eigenvalue weighted by Crippen LogP contribution is 2.31. The molecule has 0 spiro atoms. The van der Waals surface area contributed by atoms with Gasteiger partial charge in [-0.2, -0.15) is 9.78 Å². The Kier molecular flexibility index (Phi) is 6.83. The molecule has 0 bridgehead atoms. The molecular formula is C23H17BrN6O6. The number of aromatic nitrogens is 3. The molecule has 12 nitrogen and oxygen atoms in total. The summed E-state index contributed by atoms with van der Waals surface area (Å²) in [5.74, 6) is 0.148. The van der Waals surface area contributed by atoms with Crippen molar-refractivity contribution in [3.05, 3.63) is 101 Å². The lowest BCUT2D eigenvalue weighted by molar-refractivity contribution is -0.385. The zero-order chi connectivity index (χ0) is 26.0. The monoisotopic (exact) mass is 552 g/mol. The van der Waals surface area contributed by atoms with Crippen LogP contribution < -0.4 is 10.3 Å². The van der Waals surface area contributed by atoms with Gasteiger partial charge in [0.05, 0.1) is 27.0 Å². The molecule has 182 valence electrons. The molecule has 0 amide bonds. The molecule has 0 aliphatic carbocycles. The molecule has 0 saturated heterocycles. The first-order valence-corrected chi connectivity index (χ1v) is 11.3. The Morgan fingerprint density at radius 2 is 1.86 bits per heavy atom. The summed E-state index contributed by atoms with van der Waals surface area (Å²) in [6, 6.07) is 11.7. The number of pyridine rings is 1. The number of ether oxygens (including phenoxy) is 1. The number of halogens is 1. The Labute approximate surface area is 211 Å². The van der Waals surface area contributed by atoms with Crippen LogP contribution in [0.4, 0.5) is 11.4 Å². The molecule has 4 rings (SSSR count). The Bertz CT molecular complexity index is 1580. The highest BCUT2D eigenvalue weighted by molar-refractivity contribution is 9.10. The standard InChI is InChI=1S/C23H17BrN6O6/c1-13(2)22-27-18-6-4-15(24)10-17(18)23(31)28(22)26-11-14-3-7-20(19(9-14)30(34)35)36-21-8-5-16(12-25-21)29(32)33/h3-13H,1-2H3. The topological polar surface area (TPSA) is 156 Å². The van der Waals surface area contributed by atoms with Crippen LogP contribution in [0, 0.1) is 20.2 Å². The maximum atomic E-state index is 13.1. The molecule has 0 atom stereocenters. The number of fused-ring (bicyclic) bond motifs is 1. The van der Waals surface area contributed by atoms with Crippen LogP contribution in [0.1, 0.15) is 31.2 Å². The van der Waals surface area contributed by atoms with Crippen molar-refractivity contribution in [2.75, 3.05) is 0 Å². The van der Waals surface area contributed by atoms with Crippen molar-refractivity contribution >= 4 is 44.4 Å². The largest absolute Gasteiger partial charge is 0.432 e. The van der Waals surface area contributed by atoms with Crippen LogP contribution in [0.15, 0.2) is 69.1 Å². The maximum Gasteiger partial charge on any atom is 0.312 e. The second-order valence-electron chi connectivity index (χ2n) is 7.85. The van der Waals surface area contributed by atoms with E-state index in [0.717, 1.165) is 10.7 Å². The van der Waals surface area contributed by atoms with Gasteiger partial charge < -0.3 is 4.74 Å². The van der Waals surface area contributed by atoms with Crippen molar-refractivity contribution < 1.29 is 14.6 Å². The van der Waals surface area contributed by atoms with Gasteiger partial charge in [0.1, 0.15) is 12.0 Å². The van der Waals surface area contributed by atoms with Crippen LogP contribution in [0.2, 0.25) is 0 Å². The van der Waals surface area contributed by atoms with E-state index in [1.807, 2.05) is 13.8 Å². The molecule has 0 aliphatic heterocycles. The normalized spacial score (nSPS) is 11.3. The molecule has 0 N–H and O–H groups in total. The number of hydrogen-bond donors (Lipinski definition) is 0. The number of hydrogen-bond acceptors (Lipinski definition) is 9. The molecule has 0 aliphatic rings. The summed E-state index contributed by atoms with van der Waals surface area (Å²) in [5.41, 5.74) is -0.122. The molecule has 4 aromatic rings. The second-order valence-corrected chi connectivity index (χ2v) is 8.76. The van der Waals surface area contributed by atoms with Gasteiger partial charge in [0.15, 0.2) is 0 Å². The summed E-state index contributed by atoms with van der Waals surface area (Å²) in [5, 5.41) is 27.1. The average molecular weight is 553 g/mol. The minimum absolute atomic E-state index is 0.0494. The smallest absolute Gasteiger partial charge is 0.312 e. The van der Waals surface area contributed by atoms with Gasteiger partial charge in [0, 0.05) is 34.2 Å². The molecule has 36 heavy (non-hydrogen) atoms. The third-order valence-electron chi connectivity index (χ3n) is 5.00. The van der Waals surface area contributed by atoms with Gasteiger partial charge in [0.2, 0.25) is 11.6 Å². The highest BCUT2D eigenvalue weighted by Gasteiger charge is 2.18. The number of rotatable bonds is 7. The number of nitrogens with zero attached hydrogens (tertiary/aromatic N) is 6. The van der Waals surface area contributed by atoms with Gasteiger partial charge in [0.25, 0.3) is 11.2 Å². The minimum Gasteiger partial charge on any atom is -0.432 e. The Morgan fingerprint density at radius 1 is 1.08 bits per heavy atom. The number of benzene rings is 2. The van der Waals surface area contributed by atoms with E-state index >= 15 is 0 Å². The van der Waals surface area contributed by atoms with Crippen LogP contribution in [0.5, 0.6) is 11.6 Å². The zero-order valence-electron chi connectivity index (χ0n) is 18.9. The van der Waals surface area contributed by atoms with Crippen LogP contribution >= 0.6 is 15.9 Å². The molecule has 2 aromatic carbocycles. The minimum atomic E-state index is -0.640. The Hall–Kier alpha value is -4.52.